The molecule has 1 aliphatic heterocycles. The summed E-state index contributed by atoms with van der Waals surface area (Å²) in [6, 6.07) is 57.4. The van der Waals surface area contributed by atoms with Gasteiger partial charge in [-0.1, -0.05) is 129 Å². The highest BCUT2D eigenvalue weighted by Gasteiger charge is 2.41. The molecule has 228 valence electrons. The molecule has 9 aromatic rings. The van der Waals surface area contributed by atoms with Crippen LogP contribution in [0.4, 0.5) is 17.1 Å². The third-order valence-corrected chi connectivity index (χ3v) is 10.5. The molecule has 48 heavy (non-hydrogen) atoms. The normalized spacial score (nSPS) is 13.8. The van der Waals surface area contributed by atoms with Gasteiger partial charge in [-0.2, -0.15) is 0 Å². The van der Waals surface area contributed by atoms with Gasteiger partial charge in [0.1, 0.15) is 0 Å². The fourth-order valence-electron chi connectivity index (χ4n) is 8.30. The first-order valence-corrected chi connectivity index (χ1v) is 16.7. The molecule has 3 heteroatoms. The molecule has 0 aliphatic carbocycles. The number of H-pyrrole nitrogens is 1. The van der Waals surface area contributed by atoms with Crippen LogP contribution in [-0.4, -0.2) is 9.55 Å². The first kappa shape index (κ1) is 27.1. The van der Waals surface area contributed by atoms with Gasteiger partial charge < -0.3 is 14.5 Å². The Morgan fingerprint density at radius 1 is 0.500 bits per heavy atom. The first-order valence-electron chi connectivity index (χ1n) is 16.7. The number of aromatic nitrogens is 2. The Bertz CT molecular complexity index is 2680. The summed E-state index contributed by atoms with van der Waals surface area (Å²) in [4.78, 5) is 6.36. The van der Waals surface area contributed by atoms with Gasteiger partial charge >= 0.3 is 0 Å². The summed E-state index contributed by atoms with van der Waals surface area (Å²) in [5, 5.41) is 5.04. The number of hydrogen-bond acceptors (Lipinski definition) is 1. The Labute approximate surface area is 279 Å². The predicted octanol–water partition coefficient (Wildman–Crippen LogP) is 12.2. The van der Waals surface area contributed by atoms with Crippen LogP contribution in [0.3, 0.4) is 0 Å². The van der Waals surface area contributed by atoms with E-state index in [0.29, 0.717) is 0 Å². The summed E-state index contributed by atoms with van der Waals surface area (Å²) < 4.78 is 2.48. The molecule has 0 radical (unpaired) electrons. The fraction of sp³-hybridized carbons (Fsp3) is 0.0667. The van der Waals surface area contributed by atoms with E-state index in [1.54, 1.807) is 0 Å². The van der Waals surface area contributed by atoms with Crippen LogP contribution >= 0.6 is 0 Å². The van der Waals surface area contributed by atoms with Crippen molar-refractivity contribution in [2.75, 3.05) is 4.90 Å². The molecule has 0 saturated carbocycles. The molecule has 10 rings (SSSR count). The van der Waals surface area contributed by atoms with Crippen molar-refractivity contribution >= 4 is 60.7 Å². The van der Waals surface area contributed by atoms with E-state index in [2.05, 4.69) is 186 Å². The Morgan fingerprint density at radius 2 is 1.15 bits per heavy atom. The second-order valence-corrected chi connectivity index (χ2v) is 13.5. The summed E-state index contributed by atoms with van der Waals surface area (Å²) in [7, 11) is 0. The molecule has 7 aromatic carbocycles. The van der Waals surface area contributed by atoms with Crippen LogP contribution in [0.25, 0.3) is 60.4 Å². The molecule has 3 nitrogen and oxygen atoms in total. The van der Waals surface area contributed by atoms with Crippen LogP contribution in [0.1, 0.15) is 25.0 Å². The molecular formula is C45H33N3. The molecule has 2 aromatic heterocycles. The van der Waals surface area contributed by atoms with Gasteiger partial charge in [0, 0.05) is 49.4 Å². The van der Waals surface area contributed by atoms with E-state index in [9.17, 15) is 0 Å². The van der Waals surface area contributed by atoms with E-state index in [4.69, 9.17) is 0 Å². The molecule has 0 saturated heterocycles. The van der Waals surface area contributed by atoms with Crippen LogP contribution in [0.15, 0.2) is 158 Å². The van der Waals surface area contributed by atoms with Crippen LogP contribution in [-0.2, 0) is 5.41 Å². The zero-order valence-electron chi connectivity index (χ0n) is 26.9. The number of hydrogen-bond donors (Lipinski definition) is 1. The van der Waals surface area contributed by atoms with Gasteiger partial charge in [-0.25, -0.2) is 0 Å². The van der Waals surface area contributed by atoms with Gasteiger partial charge in [0.2, 0.25) is 0 Å². The summed E-state index contributed by atoms with van der Waals surface area (Å²) in [6.07, 6.45) is 0. The first-order chi connectivity index (χ1) is 23.6. The number of benzene rings is 7. The zero-order chi connectivity index (χ0) is 32.0. The molecule has 1 N–H and O–H groups in total. The molecular weight excluding hydrogens is 583 g/mol. The van der Waals surface area contributed by atoms with Gasteiger partial charge in [-0.15, -0.1) is 0 Å². The van der Waals surface area contributed by atoms with Crippen molar-refractivity contribution in [3.63, 3.8) is 0 Å². The number of aromatic amines is 1. The maximum absolute atomic E-state index is 3.85. The summed E-state index contributed by atoms with van der Waals surface area (Å²) >= 11 is 0. The van der Waals surface area contributed by atoms with Gasteiger partial charge in [0.15, 0.2) is 0 Å². The summed E-state index contributed by atoms with van der Waals surface area (Å²) in [5.74, 6) is 0. The average Bonchev–Trinajstić information content (AvgIpc) is 3.68. The minimum Gasteiger partial charge on any atom is -0.354 e. The van der Waals surface area contributed by atoms with Gasteiger partial charge in [-0.3, -0.25) is 0 Å². The van der Waals surface area contributed by atoms with Crippen molar-refractivity contribution in [1.29, 1.82) is 0 Å². The second kappa shape index (κ2) is 9.97. The molecule has 3 heterocycles. The monoisotopic (exact) mass is 615 g/mol. The minimum atomic E-state index is -0.289. The Hall–Kier alpha value is -6.06. The average molecular weight is 616 g/mol. The Morgan fingerprint density at radius 3 is 1.94 bits per heavy atom. The van der Waals surface area contributed by atoms with Crippen LogP contribution < -0.4 is 4.90 Å². The highest BCUT2D eigenvalue weighted by Crippen LogP contribution is 2.57. The predicted molar refractivity (Wildman–Crippen MR) is 202 cm³/mol. The van der Waals surface area contributed by atoms with E-state index in [0.717, 1.165) is 11.4 Å². The highest BCUT2D eigenvalue weighted by molar-refractivity contribution is 6.17. The van der Waals surface area contributed by atoms with Crippen LogP contribution in [0.2, 0.25) is 0 Å². The number of para-hydroxylation sites is 3. The van der Waals surface area contributed by atoms with E-state index < -0.39 is 0 Å². The lowest BCUT2D eigenvalue weighted by Gasteiger charge is -2.42. The van der Waals surface area contributed by atoms with Crippen LogP contribution in [0, 0.1) is 0 Å². The minimum absolute atomic E-state index is 0.289. The molecule has 0 amide bonds. The SMILES string of the molecule is CC1(C)c2ccc3c4ccccc4n(-c4ccc(-c5ccccc5)cc4)c3c2N(c2ccccc2)c2ccc3c([nH]c4ccccc43)c21. The smallest absolute Gasteiger partial charge is 0.0785 e. The lowest BCUT2D eigenvalue weighted by atomic mass is 9.72. The summed E-state index contributed by atoms with van der Waals surface area (Å²) in [6.45, 7) is 4.79. The molecule has 0 unspecified atom stereocenters. The molecule has 0 atom stereocenters. The quantitative estimate of drug-likeness (QED) is 0.210. The van der Waals surface area contributed by atoms with Gasteiger partial charge in [0.25, 0.3) is 0 Å². The van der Waals surface area contributed by atoms with E-state index in [-0.39, 0.29) is 5.41 Å². The van der Waals surface area contributed by atoms with Crippen molar-refractivity contribution < 1.29 is 0 Å². The Balaban J connectivity index is 1.32. The van der Waals surface area contributed by atoms with Gasteiger partial charge in [0.05, 0.1) is 27.9 Å². The number of nitrogens with zero attached hydrogens (tertiary/aromatic N) is 2. The zero-order valence-corrected chi connectivity index (χ0v) is 26.9. The molecule has 0 bridgehead atoms. The van der Waals surface area contributed by atoms with Crippen molar-refractivity contribution in [3.05, 3.63) is 169 Å². The summed E-state index contributed by atoms with van der Waals surface area (Å²) in [5.41, 5.74) is 14.3. The van der Waals surface area contributed by atoms with E-state index in [1.165, 1.54) is 77.2 Å². The highest BCUT2D eigenvalue weighted by atomic mass is 15.2. The number of nitrogens with one attached hydrogen (secondary N) is 1. The maximum Gasteiger partial charge on any atom is 0.0785 e. The van der Waals surface area contributed by atoms with Crippen molar-refractivity contribution in [1.82, 2.24) is 9.55 Å². The number of fused-ring (bicyclic) bond motifs is 10. The molecule has 1 aliphatic rings. The van der Waals surface area contributed by atoms with Gasteiger partial charge in [-0.05, 0) is 59.2 Å². The number of rotatable bonds is 3. The third kappa shape index (κ3) is 3.70. The van der Waals surface area contributed by atoms with Crippen molar-refractivity contribution in [2.45, 2.75) is 19.3 Å². The fourth-order valence-corrected chi connectivity index (χ4v) is 8.30. The third-order valence-electron chi connectivity index (χ3n) is 10.5. The van der Waals surface area contributed by atoms with Crippen LogP contribution in [0.5, 0.6) is 0 Å². The lowest BCUT2D eigenvalue weighted by molar-refractivity contribution is 0.638. The number of anilines is 3. The Kier molecular flexibility index (Phi) is 5.63. The topological polar surface area (TPSA) is 24.0 Å². The van der Waals surface area contributed by atoms with E-state index >= 15 is 0 Å². The van der Waals surface area contributed by atoms with E-state index in [1.807, 2.05) is 0 Å². The molecule has 0 fully saturated rings. The standard InChI is InChI=1S/C45H33N3/c1-45(2)37-27-25-36-34-18-10-12-20-39(34)47(32-23-21-30(22-24-32)29-13-5-3-6-14-29)43(36)44(37)48(31-15-7-4-8-16-31)40-28-26-35-33-17-9-11-19-38(33)46-42(35)41(40)45/h3-28,46H,1-2H3. The lowest BCUT2D eigenvalue weighted by Crippen LogP contribution is -2.31. The molecule has 0 spiro atoms. The van der Waals surface area contributed by atoms with Crippen molar-refractivity contribution in [3.8, 4) is 16.8 Å². The van der Waals surface area contributed by atoms with Crippen molar-refractivity contribution in [2.24, 2.45) is 0 Å². The maximum atomic E-state index is 3.85. The largest absolute Gasteiger partial charge is 0.354 e. The second-order valence-electron chi connectivity index (χ2n) is 13.5.